The molecule has 0 aliphatic carbocycles. The molecule has 0 saturated heterocycles. The van der Waals surface area contributed by atoms with E-state index in [2.05, 4.69) is 4.98 Å². The third kappa shape index (κ3) is 4.19. The van der Waals surface area contributed by atoms with E-state index in [0.717, 1.165) is 18.2 Å². The molecule has 1 aromatic heterocycles. The lowest BCUT2D eigenvalue weighted by atomic mass is 10.2. The number of oxazole rings is 1. The maximum Gasteiger partial charge on any atom is 0.258 e. The Morgan fingerprint density at radius 2 is 1.41 bits per heavy atom. The minimum atomic E-state index is -4.48. The van der Waals surface area contributed by atoms with Crippen LogP contribution < -0.4 is 0 Å². The zero-order valence-electron chi connectivity index (χ0n) is 16.3. The molecule has 0 unspecified atom stereocenters. The number of benzene rings is 3. The Bertz CT molecular complexity index is 1480. The molecule has 6 nitrogen and oxygen atoms in total. The molecule has 0 radical (unpaired) electrons. The van der Waals surface area contributed by atoms with Crippen molar-refractivity contribution in [3.05, 3.63) is 96.1 Å². The SMILES string of the molecule is O=S(=O)(Cc1ccccc1F)c1oc(-c2ccc(F)cc2)nc1S(=O)(=O)c1ccccc1. The predicted octanol–water partition coefficient (Wildman–Crippen LogP) is 4.43. The van der Waals surface area contributed by atoms with Crippen LogP contribution in [-0.2, 0) is 25.4 Å². The maximum atomic E-state index is 14.1. The summed E-state index contributed by atoms with van der Waals surface area (Å²) >= 11 is 0. The van der Waals surface area contributed by atoms with Crippen LogP contribution in [0.5, 0.6) is 0 Å². The highest BCUT2D eigenvalue weighted by atomic mass is 32.2. The molecule has 0 amide bonds. The van der Waals surface area contributed by atoms with Gasteiger partial charge in [-0.3, -0.25) is 0 Å². The zero-order valence-corrected chi connectivity index (χ0v) is 17.9. The van der Waals surface area contributed by atoms with E-state index in [4.69, 9.17) is 4.42 Å². The minimum Gasteiger partial charge on any atom is -0.423 e. The molecule has 0 fully saturated rings. The second-order valence-corrected chi connectivity index (χ2v) is 10.5. The zero-order chi connectivity index (χ0) is 22.9. The molecule has 0 N–H and O–H groups in total. The van der Waals surface area contributed by atoms with Crippen LogP contribution in [0.15, 0.2) is 98.3 Å². The second kappa shape index (κ2) is 8.29. The van der Waals surface area contributed by atoms with Gasteiger partial charge >= 0.3 is 0 Å². The molecular formula is C22H15F2NO5S2. The van der Waals surface area contributed by atoms with Crippen LogP contribution in [0.2, 0.25) is 0 Å². The fraction of sp³-hybridized carbons (Fsp3) is 0.0455. The number of rotatable bonds is 6. The average Bonchev–Trinajstić information content (AvgIpc) is 3.24. The Labute approximate surface area is 183 Å². The Hall–Kier alpha value is -3.37. The van der Waals surface area contributed by atoms with E-state index in [9.17, 15) is 25.6 Å². The number of hydrogen-bond donors (Lipinski definition) is 0. The first kappa shape index (κ1) is 21.8. The molecule has 0 bridgehead atoms. The Balaban J connectivity index is 1.90. The molecule has 0 saturated carbocycles. The van der Waals surface area contributed by atoms with Crippen LogP contribution >= 0.6 is 0 Å². The molecule has 1 heterocycles. The summed E-state index contributed by atoms with van der Waals surface area (Å²) in [5.74, 6) is -2.48. The van der Waals surface area contributed by atoms with Crippen molar-refractivity contribution in [2.75, 3.05) is 0 Å². The standard InChI is InChI=1S/C22H15F2NO5S2/c23-17-12-10-15(11-13-17)20-25-21(32(28,29)18-7-2-1-3-8-18)22(30-20)31(26,27)14-16-6-4-5-9-19(16)24/h1-13H,14H2. The van der Waals surface area contributed by atoms with Gasteiger partial charge in [-0.05, 0) is 42.5 Å². The van der Waals surface area contributed by atoms with E-state index in [1.807, 2.05) is 0 Å². The quantitative estimate of drug-likeness (QED) is 0.410. The molecular weight excluding hydrogens is 460 g/mol. The number of aromatic nitrogens is 1. The normalized spacial score (nSPS) is 12.1. The van der Waals surface area contributed by atoms with Crippen molar-refractivity contribution < 1.29 is 30.0 Å². The van der Waals surface area contributed by atoms with Crippen molar-refractivity contribution in [2.24, 2.45) is 0 Å². The van der Waals surface area contributed by atoms with Crippen LogP contribution in [0.1, 0.15) is 5.56 Å². The van der Waals surface area contributed by atoms with Crippen LogP contribution in [0, 0.1) is 11.6 Å². The Morgan fingerprint density at radius 1 is 0.781 bits per heavy atom. The van der Waals surface area contributed by atoms with Crippen molar-refractivity contribution >= 4 is 19.7 Å². The lowest BCUT2D eigenvalue weighted by Crippen LogP contribution is -2.12. The lowest BCUT2D eigenvalue weighted by molar-refractivity contribution is 0.444. The monoisotopic (exact) mass is 475 g/mol. The first-order valence-corrected chi connectivity index (χ1v) is 12.3. The van der Waals surface area contributed by atoms with E-state index in [-0.39, 0.29) is 21.9 Å². The topological polar surface area (TPSA) is 94.3 Å². The summed E-state index contributed by atoms with van der Waals surface area (Å²) in [5, 5.41) is -1.73. The summed E-state index contributed by atoms with van der Waals surface area (Å²) in [4.78, 5) is 3.75. The van der Waals surface area contributed by atoms with Gasteiger partial charge in [-0.2, -0.15) is 4.98 Å². The molecule has 4 rings (SSSR count). The molecule has 32 heavy (non-hydrogen) atoms. The van der Waals surface area contributed by atoms with Gasteiger partial charge in [0.05, 0.1) is 10.6 Å². The van der Waals surface area contributed by atoms with Crippen molar-refractivity contribution in [3.63, 3.8) is 0 Å². The molecule has 0 spiro atoms. The second-order valence-electron chi connectivity index (χ2n) is 6.79. The highest BCUT2D eigenvalue weighted by Crippen LogP contribution is 2.33. The average molecular weight is 475 g/mol. The van der Waals surface area contributed by atoms with Gasteiger partial charge in [0.25, 0.3) is 5.09 Å². The predicted molar refractivity (Wildman–Crippen MR) is 111 cm³/mol. The van der Waals surface area contributed by atoms with E-state index >= 15 is 0 Å². The number of nitrogens with zero attached hydrogens (tertiary/aromatic N) is 1. The van der Waals surface area contributed by atoms with E-state index in [1.54, 1.807) is 6.07 Å². The van der Waals surface area contributed by atoms with Gasteiger partial charge in [0.1, 0.15) is 11.6 Å². The first-order chi connectivity index (χ1) is 15.2. The van der Waals surface area contributed by atoms with Gasteiger partial charge < -0.3 is 4.42 Å². The number of sulfone groups is 2. The molecule has 0 atom stereocenters. The first-order valence-electron chi connectivity index (χ1n) is 9.21. The Morgan fingerprint density at radius 3 is 2.06 bits per heavy atom. The fourth-order valence-corrected chi connectivity index (χ4v) is 6.18. The van der Waals surface area contributed by atoms with Crippen molar-refractivity contribution in [1.29, 1.82) is 0 Å². The Kier molecular flexibility index (Phi) is 5.66. The van der Waals surface area contributed by atoms with E-state index in [0.29, 0.717) is 0 Å². The molecule has 164 valence electrons. The van der Waals surface area contributed by atoms with Gasteiger partial charge in [-0.25, -0.2) is 25.6 Å². The summed E-state index contributed by atoms with van der Waals surface area (Å²) in [7, 11) is -8.88. The van der Waals surface area contributed by atoms with Gasteiger partial charge in [0.2, 0.25) is 30.6 Å². The molecule has 4 aromatic rings. The van der Waals surface area contributed by atoms with Crippen LogP contribution in [-0.4, -0.2) is 21.8 Å². The summed E-state index contributed by atoms with van der Waals surface area (Å²) < 4.78 is 85.4. The third-order valence-electron chi connectivity index (χ3n) is 4.55. The van der Waals surface area contributed by atoms with Gasteiger partial charge in [0.15, 0.2) is 0 Å². The summed E-state index contributed by atoms with van der Waals surface area (Å²) in [5.41, 5.74) is 0.0125. The van der Waals surface area contributed by atoms with Crippen LogP contribution in [0.25, 0.3) is 11.5 Å². The largest absolute Gasteiger partial charge is 0.423 e. The van der Waals surface area contributed by atoms with Crippen molar-refractivity contribution in [3.8, 4) is 11.5 Å². The molecule has 3 aromatic carbocycles. The van der Waals surface area contributed by atoms with Crippen molar-refractivity contribution in [2.45, 2.75) is 20.8 Å². The smallest absolute Gasteiger partial charge is 0.258 e. The summed E-state index contributed by atoms with van der Waals surface area (Å²) in [6.07, 6.45) is 0. The summed E-state index contributed by atoms with van der Waals surface area (Å²) in [6, 6.07) is 17.1. The van der Waals surface area contributed by atoms with Crippen LogP contribution in [0.3, 0.4) is 0 Å². The number of halogens is 2. The van der Waals surface area contributed by atoms with Crippen molar-refractivity contribution in [1.82, 2.24) is 4.98 Å². The fourth-order valence-electron chi connectivity index (χ4n) is 2.97. The van der Waals surface area contributed by atoms with E-state index < -0.39 is 47.2 Å². The highest BCUT2D eigenvalue weighted by Gasteiger charge is 2.35. The maximum absolute atomic E-state index is 14.1. The number of hydrogen-bond acceptors (Lipinski definition) is 6. The molecule has 10 heteroatoms. The van der Waals surface area contributed by atoms with Gasteiger partial charge in [0, 0.05) is 11.1 Å². The van der Waals surface area contributed by atoms with Crippen LogP contribution in [0.4, 0.5) is 8.78 Å². The summed E-state index contributed by atoms with van der Waals surface area (Å²) in [6.45, 7) is 0. The highest BCUT2D eigenvalue weighted by molar-refractivity contribution is 7.94. The third-order valence-corrected chi connectivity index (χ3v) is 7.89. The van der Waals surface area contributed by atoms with Gasteiger partial charge in [-0.1, -0.05) is 36.4 Å². The van der Waals surface area contributed by atoms with E-state index in [1.165, 1.54) is 54.6 Å². The van der Waals surface area contributed by atoms with Gasteiger partial charge in [-0.15, -0.1) is 0 Å². The lowest BCUT2D eigenvalue weighted by Gasteiger charge is -2.06. The minimum absolute atomic E-state index is 0.157. The molecule has 0 aliphatic heterocycles. The molecule has 0 aliphatic rings.